The van der Waals surface area contributed by atoms with Crippen LogP contribution in [-0.2, 0) is 14.3 Å². The predicted octanol–water partition coefficient (Wildman–Crippen LogP) is 2.36. The third-order valence-corrected chi connectivity index (χ3v) is 4.39. The second-order valence-electron chi connectivity index (χ2n) is 6.19. The molecule has 0 aliphatic carbocycles. The lowest BCUT2D eigenvalue weighted by molar-refractivity contribution is -0.161. The van der Waals surface area contributed by atoms with E-state index in [1.54, 1.807) is 26.4 Å². The van der Waals surface area contributed by atoms with E-state index in [4.69, 9.17) is 23.7 Å². The number of carbonyl (C=O) groups is 1. The Bertz CT molecular complexity index is 736. The zero-order chi connectivity index (χ0) is 19.8. The number of ether oxygens (including phenoxy) is 5. The molecule has 1 N–H and O–H groups in total. The van der Waals surface area contributed by atoms with Crippen LogP contribution in [0.5, 0.6) is 17.2 Å². The molecule has 2 aromatic carbocycles. The largest absolute Gasteiger partial charge is 0.493 e. The molecule has 2 atom stereocenters. The van der Waals surface area contributed by atoms with Crippen molar-refractivity contribution in [3.05, 3.63) is 54.1 Å². The van der Waals surface area contributed by atoms with E-state index < -0.39 is 6.10 Å². The summed E-state index contributed by atoms with van der Waals surface area (Å²) >= 11 is 0. The summed E-state index contributed by atoms with van der Waals surface area (Å²) < 4.78 is 27.7. The smallest absolute Gasteiger partial charge is 0.251 e. The van der Waals surface area contributed by atoms with Crippen LogP contribution in [0.3, 0.4) is 0 Å². The monoisotopic (exact) mass is 387 g/mol. The van der Waals surface area contributed by atoms with E-state index in [0.717, 1.165) is 5.56 Å². The zero-order valence-corrected chi connectivity index (χ0v) is 16.1. The van der Waals surface area contributed by atoms with Gasteiger partial charge in [0.2, 0.25) is 5.75 Å². The summed E-state index contributed by atoms with van der Waals surface area (Å²) in [4.78, 5) is 12.3. The van der Waals surface area contributed by atoms with Gasteiger partial charge in [-0.3, -0.25) is 4.79 Å². The minimum atomic E-state index is -0.624. The van der Waals surface area contributed by atoms with Gasteiger partial charge in [-0.2, -0.15) is 0 Å². The van der Waals surface area contributed by atoms with Gasteiger partial charge >= 0.3 is 0 Å². The van der Waals surface area contributed by atoms with Crippen molar-refractivity contribution in [2.45, 2.75) is 12.2 Å². The van der Waals surface area contributed by atoms with Crippen molar-refractivity contribution in [3.8, 4) is 17.2 Å². The van der Waals surface area contributed by atoms with E-state index in [-0.39, 0.29) is 25.2 Å². The van der Waals surface area contributed by atoms with Crippen LogP contribution < -0.4 is 19.5 Å². The molecule has 150 valence electrons. The summed E-state index contributed by atoms with van der Waals surface area (Å²) in [7, 11) is 3.12. The number of amides is 1. The second-order valence-corrected chi connectivity index (χ2v) is 6.19. The van der Waals surface area contributed by atoms with Crippen LogP contribution >= 0.6 is 0 Å². The van der Waals surface area contributed by atoms with Gasteiger partial charge in [-0.15, -0.1) is 0 Å². The predicted molar refractivity (Wildman–Crippen MR) is 103 cm³/mol. The molecule has 7 heteroatoms. The maximum Gasteiger partial charge on any atom is 0.251 e. The number of methoxy groups -OCH3 is 2. The van der Waals surface area contributed by atoms with Gasteiger partial charge < -0.3 is 29.0 Å². The van der Waals surface area contributed by atoms with Gasteiger partial charge in [0, 0.05) is 0 Å². The van der Waals surface area contributed by atoms with E-state index in [9.17, 15) is 4.79 Å². The quantitative estimate of drug-likeness (QED) is 0.701. The Balaban J connectivity index is 1.42. The maximum absolute atomic E-state index is 12.3. The molecule has 1 fully saturated rings. The molecule has 1 aliphatic rings. The summed E-state index contributed by atoms with van der Waals surface area (Å²) in [6.45, 7) is 1.15. The Morgan fingerprint density at radius 1 is 1.00 bits per heavy atom. The van der Waals surface area contributed by atoms with Crippen molar-refractivity contribution in [2.75, 3.05) is 40.6 Å². The van der Waals surface area contributed by atoms with Crippen LogP contribution in [0.15, 0.2) is 48.5 Å². The summed E-state index contributed by atoms with van der Waals surface area (Å²) in [6, 6.07) is 15.2. The zero-order valence-electron chi connectivity index (χ0n) is 16.1. The van der Waals surface area contributed by atoms with Gasteiger partial charge in [0.05, 0.1) is 34.0 Å². The highest BCUT2D eigenvalue weighted by Crippen LogP contribution is 2.36. The molecule has 0 unspecified atom stereocenters. The van der Waals surface area contributed by atoms with Crippen molar-refractivity contribution < 1.29 is 28.5 Å². The lowest BCUT2D eigenvalue weighted by Crippen LogP contribution is -2.44. The lowest BCUT2D eigenvalue weighted by Gasteiger charge is -2.29. The lowest BCUT2D eigenvalue weighted by atomic mass is 10.1. The number of rotatable bonds is 8. The Labute approximate surface area is 164 Å². The number of benzene rings is 2. The van der Waals surface area contributed by atoms with E-state index >= 15 is 0 Å². The molecule has 28 heavy (non-hydrogen) atoms. The first-order valence-corrected chi connectivity index (χ1v) is 9.12. The molecule has 1 aliphatic heterocycles. The molecule has 1 amide bonds. The number of carbonyl (C=O) groups excluding carboxylic acids is 1. The minimum absolute atomic E-state index is 0.147. The normalized spacial score (nSPS) is 18.9. The molecular weight excluding hydrogens is 362 g/mol. The molecule has 3 rings (SSSR count). The number of para-hydroxylation sites is 1. The number of hydrogen-bond acceptors (Lipinski definition) is 6. The fraction of sp³-hybridized carbons (Fsp3) is 0.381. The summed E-state index contributed by atoms with van der Waals surface area (Å²) in [5, 5.41) is 2.80. The molecular formula is C21H25NO6. The Hall–Kier alpha value is -2.77. The third kappa shape index (κ3) is 4.94. The van der Waals surface area contributed by atoms with Crippen LogP contribution in [0.25, 0.3) is 0 Å². The van der Waals surface area contributed by atoms with Gasteiger partial charge in [0.1, 0.15) is 12.7 Å². The van der Waals surface area contributed by atoms with Crippen molar-refractivity contribution in [3.63, 3.8) is 0 Å². The summed E-state index contributed by atoms with van der Waals surface area (Å²) in [6.07, 6.45) is -0.771. The van der Waals surface area contributed by atoms with Crippen molar-refractivity contribution in [1.82, 2.24) is 5.32 Å². The van der Waals surface area contributed by atoms with Crippen LogP contribution in [-0.4, -0.2) is 52.6 Å². The van der Waals surface area contributed by atoms with E-state index in [0.29, 0.717) is 30.4 Å². The molecule has 0 bridgehead atoms. The highest BCUT2D eigenvalue weighted by atomic mass is 16.6. The summed E-state index contributed by atoms with van der Waals surface area (Å²) in [5.74, 6) is 1.43. The first kappa shape index (κ1) is 20.0. The van der Waals surface area contributed by atoms with Crippen LogP contribution in [0.2, 0.25) is 0 Å². The molecule has 0 spiro atoms. The van der Waals surface area contributed by atoms with Crippen molar-refractivity contribution in [2.24, 2.45) is 0 Å². The molecule has 1 saturated heterocycles. The highest BCUT2D eigenvalue weighted by molar-refractivity contribution is 5.81. The first-order valence-electron chi connectivity index (χ1n) is 9.12. The average molecular weight is 387 g/mol. The fourth-order valence-electron chi connectivity index (χ4n) is 2.92. The van der Waals surface area contributed by atoms with Gasteiger partial charge in [-0.05, 0) is 17.7 Å². The van der Waals surface area contributed by atoms with E-state index in [2.05, 4.69) is 5.32 Å². The Morgan fingerprint density at radius 3 is 2.32 bits per heavy atom. The van der Waals surface area contributed by atoms with Gasteiger partial charge in [-0.1, -0.05) is 36.4 Å². The van der Waals surface area contributed by atoms with Gasteiger partial charge in [0.15, 0.2) is 17.6 Å². The van der Waals surface area contributed by atoms with Crippen molar-refractivity contribution >= 4 is 5.91 Å². The van der Waals surface area contributed by atoms with Crippen LogP contribution in [0.1, 0.15) is 11.7 Å². The fourth-order valence-corrected chi connectivity index (χ4v) is 2.92. The van der Waals surface area contributed by atoms with Crippen LogP contribution in [0, 0.1) is 0 Å². The van der Waals surface area contributed by atoms with Gasteiger partial charge in [0.25, 0.3) is 5.91 Å². The number of nitrogens with one attached hydrogen (secondary N) is 1. The highest BCUT2D eigenvalue weighted by Gasteiger charge is 2.28. The average Bonchev–Trinajstić information content (AvgIpc) is 2.77. The standard InChI is InChI=1S/C21H25NO6/c1-24-16-9-6-10-17(25-2)20(16)26-12-11-22-21(23)19-14-27-18(13-28-19)15-7-4-3-5-8-15/h3-10,18-19H,11-14H2,1-2H3,(H,22,23)/t18-,19-/m0/s1. The first-order chi connectivity index (χ1) is 13.7. The minimum Gasteiger partial charge on any atom is -0.493 e. The molecule has 7 nitrogen and oxygen atoms in total. The number of hydrogen-bond donors (Lipinski definition) is 1. The molecule has 0 radical (unpaired) electrons. The molecule has 1 heterocycles. The van der Waals surface area contributed by atoms with E-state index in [1.165, 1.54) is 0 Å². The Kier molecular flexibility index (Phi) is 7.11. The molecule has 0 saturated carbocycles. The maximum atomic E-state index is 12.3. The summed E-state index contributed by atoms with van der Waals surface area (Å²) in [5.41, 5.74) is 1.04. The van der Waals surface area contributed by atoms with Gasteiger partial charge in [-0.25, -0.2) is 0 Å². The topological polar surface area (TPSA) is 75.2 Å². The SMILES string of the molecule is COc1cccc(OC)c1OCCNC(=O)[C@@H]1CO[C@H](c2ccccc2)CO1. The Morgan fingerprint density at radius 2 is 1.71 bits per heavy atom. The van der Waals surface area contributed by atoms with Crippen LogP contribution in [0.4, 0.5) is 0 Å². The van der Waals surface area contributed by atoms with Crippen molar-refractivity contribution in [1.29, 1.82) is 0 Å². The molecule has 0 aromatic heterocycles. The van der Waals surface area contributed by atoms with E-state index in [1.807, 2.05) is 36.4 Å². The molecule has 2 aromatic rings. The third-order valence-electron chi connectivity index (χ3n) is 4.39. The second kappa shape index (κ2) is 9.96.